The van der Waals surface area contributed by atoms with E-state index in [1.807, 2.05) is 18.2 Å². The number of carbonyl (C=O) groups is 1. The van der Waals surface area contributed by atoms with E-state index in [1.54, 1.807) is 7.11 Å². The minimum atomic E-state index is -0.606. The smallest absolute Gasteiger partial charge is 0.307 e. The molecule has 1 aromatic rings. The second kappa shape index (κ2) is 11.0. The van der Waals surface area contributed by atoms with Gasteiger partial charge in [0.2, 0.25) is 0 Å². The Morgan fingerprint density at radius 3 is 2.69 bits per heavy atom. The first-order valence-corrected chi connectivity index (χ1v) is 11.0. The van der Waals surface area contributed by atoms with Gasteiger partial charge in [-0.05, 0) is 75.9 Å². The fourth-order valence-electron chi connectivity index (χ4n) is 4.76. The lowest BCUT2D eigenvalue weighted by Crippen LogP contribution is -2.46. The summed E-state index contributed by atoms with van der Waals surface area (Å²) in [7, 11) is 5.84. The van der Waals surface area contributed by atoms with Crippen molar-refractivity contribution in [1.82, 2.24) is 4.90 Å². The molecule has 0 heterocycles. The van der Waals surface area contributed by atoms with Crippen LogP contribution in [0.4, 0.5) is 0 Å². The van der Waals surface area contributed by atoms with Crippen molar-refractivity contribution in [3.63, 3.8) is 0 Å². The van der Waals surface area contributed by atoms with E-state index in [1.165, 1.54) is 6.42 Å². The number of esters is 1. The van der Waals surface area contributed by atoms with Crippen LogP contribution in [-0.2, 0) is 15.1 Å². The highest BCUT2D eigenvalue weighted by atomic mass is 16.6. The fourth-order valence-corrected chi connectivity index (χ4v) is 4.76. The average Bonchev–Trinajstić information content (AvgIpc) is 2.68. The molecule has 1 aliphatic rings. The summed E-state index contributed by atoms with van der Waals surface area (Å²) in [6, 6.07) is 8.05. The molecule has 2 rings (SSSR count). The molecule has 3 unspecified atom stereocenters. The number of ether oxygens (including phenoxy) is 2. The number of rotatable bonds is 10. The van der Waals surface area contributed by atoms with Gasteiger partial charge in [-0.25, -0.2) is 0 Å². The highest BCUT2D eigenvalue weighted by Crippen LogP contribution is 2.46. The van der Waals surface area contributed by atoms with Gasteiger partial charge in [-0.3, -0.25) is 4.79 Å². The molecule has 0 saturated heterocycles. The summed E-state index contributed by atoms with van der Waals surface area (Å²) >= 11 is 0. The van der Waals surface area contributed by atoms with Gasteiger partial charge in [-0.1, -0.05) is 32.4 Å². The zero-order chi connectivity index (χ0) is 21.4. The average molecular weight is 405 g/mol. The molecule has 164 valence electrons. The van der Waals surface area contributed by atoms with Crippen LogP contribution in [0, 0.1) is 17.8 Å². The first kappa shape index (κ1) is 23.7. The predicted octanol–water partition coefficient (Wildman–Crippen LogP) is 4.20. The number of carbonyl (C=O) groups excluding carboxylic acids is 1. The van der Waals surface area contributed by atoms with Crippen LogP contribution >= 0.6 is 0 Å². The van der Waals surface area contributed by atoms with Gasteiger partial charge in [0.1, 0.15) is 11.4 Å². The molecule has 1 aromatic carbocycles. The quantitative estimate of drug-likeness (QED) is 0.592. The molecule has 29 heavy (non-hydrogen) atoms. The second-order valence-electron chi connectivity index (χ2n) is 9.24. The van der Waals surface area contributed by atoms with Crippen LogP contribution < -0.4 is 10.5 Å². The SMILES string of the molecule is COc1cccc(C2(OC(=O)CC(CN)CC(C)C)CCCCC2CN(C)C)c1. The number of nitrogens with zero attached hydrogens (tertiary/aromatic N) is 1. The first-order chi connectivity index (χ1) is 13.8. The van der Waals surface area contributed by atoms with Crippen molar-refractivity contribution in [2.45, 2.75) is 58.0 Å². The molecule has 0 spiro atoms. The van der Waals surface area contributed by atoms with E-state index < -0.39 is 5.60 Å². The largest absolute Gasteiger partial charge is 0.497 e. The van der Waals surface area contributed by atoms with Gasteiger partial charge in [0.25, 0.3) is 0 Å². The van der Waals surface area contributed by atoms with Crippen molar-refractivity contribution in [3.8, 4) is 5.75 Å². The van der Waals surface area contributed by atoms with Gasteiger partial charge in [0.05, 0.1) is 7.11 Å². The minimum Gasteiger partial charge on any atom is -0.497 e. The number of nitrogens with two attached hydrogens (primary N) is 1. The van der Waals surface area contributed by atoms with Crippen molar-refractivity contribution in [1.29, 1.82) is 0 Å². The Bertz CT molecular complexity index is 647. The van der Waals surface area contributed by atoms with Crippen LogP contribution in [0.5, 0.6) is 5.75 Å². The van der Waals surface area contributed by atoms with Gasteiger partial charge in [0.15, 0.2) is 0 Å². The maximum absolute atomic E-state index is 13.1. The van der Waals surface area contributed by atoms with E-state index in [0.717, 1.165) is 43.5 Å². The Hall–Kier alpha value is -1.59. The second-order valence-corrected chi connectivity index (χ2v) is 9.24. The lowest BCUT2D eigenvalue weighted by molar-refractivity contribution is -0.175. The van der Waals surface area contributed by atoms with E-state index in [4.69, 9.17) is 15.2 Å². The maximum atomic E-state index is 13.1. The molecule has 0 amide bonds. The molecular weight excluding hydrogens is 364 g/mol. The third kappa shape index (κ3) is 6.45. The van der Waals surface area contributed by atoms with Crippen LogP contribution in [0.3, 0.4) is 0 Å². The third-order valence-electron chi connectivity index (χ3n) is 6.04. The summed E-state index contributed by atoms with van der Waals surface area (Å²) in [5.74, 6) is 1.60. The molecule has 1 saturated carbocycles. The van der Waals surface area contributed by atoms with E-state index in [0.29, 0.717) is 18.9 Å². The van der Waals surface area contributed by atoms with Crippen molar-refractivity contribution in [2.75, 3.05) is 34.3 Å². The zero-order valence-corrected chi connectivity index (χ0v) is 18.9. The molecule has 0 bridgehead atoms. The number of hydrogen-bond donors (Lipinski definition) is 1. The minimum absolute atomic E-state index is 0.130. The molecule has 1 fully saturated rings. The monoisotopic (exact) mass is 404 g/mol. The van der Waals surface area contributed by atoms with Crippen LogP contribution in [0.1, 0.15) is 57.9 Å². The summed E-state index contributed by atoms with van der Waals surface area (Å²) in [5, 5.41) is 0. The van der Waals surface area contributed by atoms with E-state index in [2.05, 4.69) is 38.9 Å². The summed E-state index contributed by atoms with van der Waals surface area (Å²) in [5.41, 5.74) is 6.39. The highest BCUT2D eigenvalue weighted by molar-refractivity contribution is 5.70. The Kier molecular flexibility index (Phi) is 8.97. The summed E-state index contributed by atoms with van der Waals surface area (Å²) in [6.45, 7) is 5.73. The summed E-state index contributed by atoms with van der Waals surface area (Å²) < 4.78 is 11.9. The van der Waals surface area contributed by atoms with Crippen molar-refractivity contribution in [3.05, 3.63) is 29.8 Å². The van der Waals surface area contributed by atoms with Gasteiger partial charge in [-0.2, -0.15) is 0 Å². The Balaban J connectivity index is 2.34. The van der Waals surface area contributed by atoms with Crippen LogP contribution in [0.15, 0.2) is 24.3 Å². The number of methoxy groups -OCH3 is 1. The highest BCUT2D eigenvalue weighted by Gasteiger charge is 2.46. The maximum Gasteiger partial charge on any atom is 0.307 e. The van der Waals surface area contributed by atoms with Crippen LogP contribution in [0.25, 0.3) is 0 Å². The molecule has 0 aliphatic heterocycles. The van der Waals surface area contributed by atoms with E-state index >= 15 is 0 Å². The Morgan fingerprint density at radius 1 is 1.31 bits per heavy atom. The molecule has 5 heteroatoms. The number of benzene rings is 1. The molecular formula is C24H40N2O3. The number of hydrogen-bond acceptors (Lipinski definition) is 5. The molecule has 0 aromatic heterocycles. The predicted molar refractivity (Wildman–Crippen MR) is 118 cm³/mol. The lowest BCUT2D eigenvalue weighted by atomic mass is 9.71. The Labute approximate surface area is 176 Å². The van der Waals surface area contributed by atoms with E-state index in [-0.39, 0.29) is 17.8 Å². The topological polar surface area (TPSA) is 64.8 Å². The Morgan fingerprint density at radius 2 is 2.07 bits per heavy atom. The van der Waals surface area contributed by atoms with Gasteiger partial charge in [0, 0.05) is 18.9 Å². The summed E-state index contributed by atoms with van der Waals surface area (Å²) in [6.07, 6.45) is 5.45. The van der Waals surface area contributed by atoms with Gasteiger partial charge < -0.3 is 20.1 Å². The van der Waals surface area contributed by atoms with Crippen LogP contribution in [0.2, 0.25) is 0 Å². The normalized spacial score (nSPS) is 23.2. The summed E-state index contributed by atoms with van der Waals surface area (Å²) in [4.78, 5) is 15.3. The van der Waals surface area contributed by atoms with Crippen LogP contribution in [-0.4, -0.2) is 45.2 Å². The van der Waals surface area contributed by atoms with E-state index in [9.17, 15) is 4.79 Å². The molecule has 3 atom stereocenters. The van der Waals surface area contributed by atoms with Gasteiger partial charge in [-0.15, -0.1) is 0 Å². The lowest BCUT2D eigenvalue weighted by Gasteiger charge is -2.45. The first-order valence-electron chi connectivity index (χ1n) is 11.0. The standard InChI is InChI=1S/C24H40N2O3/c1-18(2)13-19(16-25)14-23(27)29-24(20-10-8-11-22(15-20)28-5)12-7-6-9-21(24)17-26(3)4/h8,10-11,15,18-19,21H,6-7,9,12-14,16-17,25H2,1-5H3. The third-order valence-corrected chi connectivity index (χ3v) is 6.04. The zero-order valence-electron chi connectivity index (χ0n) is 18.9. The van der Waals surface area contributed by atoms with Crippen molar-refractivity contribution in [2.24, 2.45) is 23.5 Å². The van der Waals surface area contributed by atoms with Gasteiger partial charge >= 0.3 is 5.97 Å². The molecule has 1 aliphatic carbocycles. The van der Waals surface area contributed by atoms with Crippen molar-refractivity contribution >= 4 is 5.97 Å². The molecule has 2 N–H and O–H groups in total. The molecule has 5 nitrogen and oxygen atoms in total. The van der Waals surface area contributed by atoms with Crippen molar-refractivity contribution < 1.29 is 14.3 Å². The molecule has 0 radical (unpaired) electrons. The fraction of sp³-hybridized carbons (Fsp3) is 0.708.